The summed E-state index contributed by atoms with van der Waals surface area (Å²) in [4.78, 5) is 28.8. The predicted molar refractivity (Wildman–Crippen MR) is 173 cm³/mol. The van der Waals surface area contributed by atoms with Gasteiger partial charge < -0.3 is 15.0 Å². The second-order valence-corrected chi connectivity index (χ2v) is 12.9. The summed E-state index contributed by atoms with van der Waals surface area (Å²) in [7, 11) is -3.95. The van der Waals surface area contributed by atoms with Gasteiger partial charge in [-0.3, -0.25) is 14.3 Å². The Kier molecular flexibility index (Phi) is 11.6. The predicted octanol–water partition coefficient (Wildman–Crippen LogP) is 6.59. The zero-order valence-corrected chi connectivity index (χ0v) is 26.5. The fourth-order valence-corrected chi connectivity index (χ4v) is 5.66. The lowest BCUT2D eigenvalue weighted by Crippen LogP contribution is -2.45. The molecule has 0 aromatic heterocycles. The second kappa shape index (κ2) is 15.5. The Morgan fingerprint density at radius 3 is 2.16 bits per heavy atom. The summed E-state index contributed by atoms with van der Waals surface area (Å²) in [5.74, 6) is -0.601. The van der Waals surface area contributed by atoms with Gasteiger partial charge in [-0.05, 0) is 84.1 Å². The van der Waals surface area contributed by atoms with Gasteiger partial charge in [-0.1, -0.05) is 67.9 Å². The van der Waals surface area contributed by atoms with E-state index in [1.165, 1.54) is 41.3 Å². The molecular formula is C34H35ClFN3O5S. The van der Waals surface area contributed by atoms with Gasteiger partial charge in [0, 0.05) is 23.8 Å². The summed E-state index contributed by atoms with van der Waals surface area (Å²) in [5, 5.41) is 3.53. The van der Waals surface area contributed by atoms with Crippen LogP contribution in [0.25, 0.3) is 0 Å². The number of nitrogens with one attached hydrogen (secondary N) is 2. The Balaban J connectivity index is 1.53. The van der Waals surface area contributed by atoms with Gasteiger partial charge in [0.05, 0.1) is 4.90 Å². The van der Waals surface area contributed by atoms with Crippen LogP contribution < -0.4 is 14.8 Å². The van der Waals surface area contributed by atoms with E-state index in [2.05, 4.69) is 23.9 Å². The fraction of sp³-hybridized carbons (Fsp3) is 0.235. The van der Waals surface area contributed by atoms with E-state index in [0.717, 1.165) is 24.1 Å². The van der Waals surface area contributed by atoms with E-state index in [1.807, 2.05) is 18.2 Å². The maximum absolute atomic E-state index is 13.8. The Bertz CT molecular complexity index is 1670. The van der Waals surface area contributed by atoms with Crippen molar-refractivity contribution in [2.24, 2.45) is 5.92 Å². The molecule has 2 N–H and O–H groups in total. The number of anilines is 1. The molecule has 0 fully saturated rings. The SMILES string of the molecule is CC(C)CCNC(=O)C(c1ccccc1)N(Cc1ccc(Cl)cc1)C(=O)COc1ccc(S(=O)(=O)Nc2ccc(F)cc2)cc1. The van der Waals surface area contributed by atoms with Gasteiger partial charge >= 0.3 is 0 Å². The first-order valence-corrected chi connectivity index (χ1v) is 16.3. The van der Waals surface area contributed by atoms with Crippen LogP contribution in [0.5, 0.6) is 5.75 Å². The summed E-state index contributed by atoms with van der Waals surface area (Å²) < 4.78 is 46.9. The lowest BCUT2D eigenvalue weighted by atomic mass is 10.0. The average molecular weight is 652 g/mol. The van der Waals surface area contributed by atoms with Crippen LogP contribution >= 0.6 is 11.6 Å². The number of rotatable bonds is 14. The molecule has 1 unspecified atom stereocenters. The summed E-state index contributed by atoms with van der Waals surface area (Å²) >= 11 is 6.09. The van der Waals surface area contributed by atoms with Crippen LogP contribution in [-0.4, -0.2) is 38.3 Å². The van der Waals surface area contributed by atoms with Crippen molar-refractivity contribution in [2.45, 2.75) is 37.8 Å². The second-order valence-electron chi connectivity index (χ2n) is 10.8. The number of ether oxygens (including phenoxy) is 1. The maximum atomic E-state index is 13.8. The summed E-state index contributed by atoms with van der Waals surface area (Å²) in [5.41, 5.74) is 1.63. The van der Waals surface area contributed by atoms with Gasteiger partial charge in [0.2, 0.25) is 5.91 Å². The van der Waals surface area contributed by atoms with E-state index in [-0.39, 0.29) is 28.8 Å². The molecule has 2 amide bonds. The number of carbonyl (C=O) groups is 2. The summed E-state index contributed by atoms with van der Waals surface area (Å²) in [6.07, 6.45) is 0.784. The number of hydrogen-bond donors (Lipinski definition) is 2. The number of nitrogens with zero attached hydrogens (tertiary/aromatic N) is 1. The van der Waals surface area contributed by atoms with Crippen LogP contribution in [0.2, 0.25) is 5.02 Å². The Hall–Kier alpha value is -4.41. The third-order valence-electron chi connectivity index (χ3n) is 6.88. The minimum absolute atomic E-state index is 0.0444. The van der Waals surface area contributed by atoms with Crippen LogP contribution in [-0.2, 0) is 26.2 Å². The summed E-state index contributed by atoms with van der Waals surface area (Å²) in [6, 6.07) is 25.6. The third kappa shape index (κ3) is 9.79. The van der Waals surface area contributed by atoms with Crippen LogP contribution in [0, 0.1) is 11.7 Å². The molecule has 0 radical (unpaired) electrons. The molecule has 0 aliphatic heterocycles. The molecule has 0 aliphatic carbocycles. The Morgan fingerprint density at radius 1 is 0.889 bits per heavy atom. The van der Waals surface area contributed by atoms with Crippen molar-refractivity contribution in [3.05, 3.63) is 125 Å². The molecule has 0 bridgehead atoms. The first-order chi connectivity index (χ1) is 21.5. The molecule has 0 spiro atoms. The zero-order chi connectivity index (χ0) is 32.4. The van der Waals surface area contributed by atoms with Crippen LogP contribution in [0.3, 0.4) is 0 Å². The Labute approximate surface area is 268 Å². The molecule has 0 aliphatic rings. The van der Waals surface area contributed by atoms with Crippen LogP contribution in [0.4, 0.5) is 10.1 Å². The van der Waals surface area contributed by atoms with E-state index in [4.69, 9.17) is 16.3 Å². The quantitative estimate of drug-likeness (QED) is 0.160. The van der Waals surface area contributed by atoms with Crippen molar-refractivity contribution in [1.82, 2.24) is 10.2 Å². The van der Waals surface area contributed by atoms with Crippen molar-refractivity contribution in [2.75, 3.05) is 17.9 Å². The highest BCUT2D eigenvalue weighted by molar-refractivity contribution is 7.92. The number of sulfonamides is 1. The van der Waals surface area contributed by atoms with Crippen molar-refractivity contribution in [3.8, 4) is 5.75 Å². The highest BCUT2D eigenvalue weighted by atomic mass is 35.5. The molecule has 0 heterocycles. The molecular weight excluding hydrogens is 617 g/mol. The molecule has 1 atom stereocenters. The number of halogens is 2. The highest BCUT2D eigenvalue weighted by Gasteiger charge is 2.32. The van der Waals surface area contributed by atoms with Crippen molar-refractivity contribution >= 4 is 39.1 Å². The van der Waals surface area contributed by atoms with Gasteiger partial charge in [0.25, 0.3) is 15.9 Å². The van der Waals surface area contributed by atoms with Gasteiger partial charge in [-0.15, -0.1) is 0 Å². The standard InChI is InChI=1S/C34H35ClFN3O5S/c1-24(2)20-21-37-34(41)33(26-6-4-3-5-7-26)39(22-25-8-10-27(35)11-9-25)32(40)23-44-30-16-18-31(19-17-30)45(42,43)38-29-14-12-28(36)13-15-29/h3-19,24,33,38H,20-23H2,1-2H3,(H,37,41). The van der Waals surface area contributed by atoms with Crippen molar-refractivity contribution < 1.29 is 27.1 Å². The van der Waals surface area contributed by atoms with E-state index < -0.39 is 34.4 Å². The lowest BCUT2D eigenvalue weighted by molar-refractivity contribution is -0.143. The van der Waals surface area contributed by atoms with Gasteiger partial charge in [0.15, 0.2) is 6.61 Å². The first-order valence-electron chi connectivity index (χ1n) is 14.4. The fourth-order valence-electron chi connectivity index (χ4n) is 4.47. The van der Waals surface area contributed by atoms with Crippen LogP contribution in [0.15, 0.2) is 108 Å². The third-order valence-corrected chi connectivity index (χ3v) is 8.52. The molecule has 4 aromatic rings. The molecule has 236 valence electrons. The zero-order valence-electron chi connectivity index (χ0n) is 25.0. The number of hydrogen-bond acceptors (Lipinski definition) is 5. The van der Waals surface area contributed by atoms with E-state index >= 15 is 0 Å². The molecule has 4 aromatic carbocycles. The van der Waals surface area contributed by atoms with Crippen LogP contribution in [0.1, 0.15) is 37.4 Å². The molecule has 4 rings (SSSR count). The smallest absolute Gasteiger partial charge is 0.261 e. The topological polar surface area (TPSA) is 105 Å². The van der Waals surface area contributed by atoms with Gasteiger partial charge in [-0.25, -0.2) is 12.8 Å². The minimum atomic E-state index is -3.95. The van der Waals surface area contributed by atoms with Crippen molar-refractivity contribution in [1.29, 1.82) is 0 Å². The maximum Gasteiger partial charge on any atom is 0.261 e. The number of amides is 2. The van der Waals surface area contributed by atoms with E-state index in [1.54, 1.807) is 36.4 Å². The number of carbonyl (C=O) groups excluding carboxylic acids is 2. The average Bonchev–Trinajstić information content (AvgIpc) is 3.02. The normalized spacial score (nSPS) is 11.9. The monoisotopic (exact) mass is 651 g/mol. The molecule has 8 nitrogen and oxygen atoms in total. The largest absolute Gasteiger partial charge is 0.484 e. The van der Waals surface area contributed by atoms with Gasteiger partial charge in [-0.2, -0.15) is 0 Å². The number of benzene rings is 4. The molecule has 45 heavy (non-hydrogen) atoms. The lowest BCUT2D eigenvalue weighted by Gasteiger charge is -2.31. The van der Waals surface area contributed by atoms with E-state index in [9.17, 15) is 22.4 Å². The molecule has 0 saturated heterocycles. The summed E-state index contributed by atoms with van der Waals surface area (Å²) in [6.45, 7) is 4.31. The molecule has 0 saturated carbocycles. The first kappa shape index (κ1) is 33.5. The van der Waals surface area contributed by atoms with Gasteiger partial charge in [0.1, 0.15) is 17.6 Å². The minimum Gasteiger partial charge on any atom is -0.484 e. The highest BCUT2D eigenvalue weighted by Crippen LogP contribution is 2.26. The van der Waals surface area contributed by atoms with E-state index in [0.29, 0.717) is 23.0 Å². The van der Waals surface area contributed by atoms with Crippen molar-refractivity contribution in [3.63, 3.8) is 0 Å². The molecule has 11 heteroatoms. The Morgan fingerprint density at radius 2 is 1.53 bits per heavy atom.